The summed E-state index contributed by atoms with van der Waals surface area (Å²) >= 11 is 7.75. The van der Waals surface area contributed by atoms with Crippen molar-refractivity contribution in [2.75, 3.05) is 6.26 Å². The van der Waals surface area contributed by atoms with E-state index in [0.717, 1.165) is 16.3 Å². The first-order chi connectivity index (χ1) is 5.24. The van der Waals surface area contributed by atoms with Crippen molar-refractivity contribution in [3.8, 4) is 0 Å². The molecule has 0 atom stereocenters. The second-order valence-electron chi connectivity index (χ2n) is 2.52. The Morgan fingerprint density at radius 3 is 2.73 bits per heavy atom. The van der Waals surface area contributed by atoms with Gasteiger partial charge in [0.15, 0.2) is 0 Å². The largest absolute Gasteiger partial charge is 0.161 e. The Hall–Kier alpha value is -0.140. The zero-order valence-electron chi connectivity index (χ0n) is 6.73. The highest BCUT2D eigenvalue weighted by atomic mass is 35.5. The van der Waals surface area contributed by atoms with Gasteiger partial charge in [-0.3, -0.25) is 0 Å². The van der Waals surface area contributed by atoms with Crippen molar-refractivity contribution in [2.45, 2.75) is 12.7 Å². The average Bonchev–Trinajstić information content (AvgIpc) is 1.98. The first-order valence-corrected chi connectivity index (χ1v) is 5.25. The highest BCUT2D eigenvalue weighted by Crippen LogP contribution is 2.18. The monoisotopic (exact) mass is 186 g/mol. The van der Waals surface area contributed by atoms with Gasteiger partial charge in [0.05, 0.1) is 0 Å². The van der Waals surface area contributed by atoms with Crippen molar-refractivity contribution in [2.24, 2.45) is 0 Å². The third-order valence-electron chi connectivity index (χ3n) is 1.55. The zero-order chi connectivity index (χ0) is 8.27. The van der Waals surface area contributed by atoms with Gasteiger partial charge in [0.2, 0.25) is 0 Å². The second kappa shape index (κ2) is 4.03. The topological polar surface area (TPSA) is 0 Å². The van der Waals surface area contributed by atoms with Gasteiger partial charge in [-0.2, -0.15) is 11.8 Å². The van der Waals surface area contributed by atoms with Crippen molar-refractivity contribution in [1.29, 1.82) is 0 Å². The summed E-state index contributed by atoms with van der Waals surface area (Å²) in [5, 5.41) is 0.872. The molecule has 1 aromatic carbocycles. The molecule has 0 saturated heterocycles. The third kappa shape index (κ3) is 2.42. The lowest BCUT2D eigenvalue weighted by molar-refractivity contribution is 1.37. The number of hydrogen-bond acceptors (Lipinski definition) is 1. The standard InChI is InChI=1S/C9H11ClS/c1-7-3-4-8(6-11-2)5-9(7)10/h3-5H,6H2,1-2H3. The number of aryl methyl sites for hydroxylation is 1. The number of halogens is 1. The second-order valence-corrected chi connectivity index (χ2v) is 3.79. The average molecular weight is 187 g/mol. The van der Waals surface area contributed by atoms with E-state index in [1.807, 2.05) is 24.8 Å². The minimum atomic E-state index is 0.872. The highest BCUT2D eigenvalue weighted by molar-refractivity contribution is 7.97. The molecule has 0 saturated carbocycles. The van der Waals surface area contributed by atoms with E-state index in [4.69, 9.17) is 11.6 Å². The van der Waals surface area contributed by atoms with Crippen molar-refractivity contribution < 1.29 is 0 Å². The summed E-state index contributed by atoms with van der Waals surface area (Å²) in [4.78, 5) is 0. The van der Waals surface area contributed by atoms with E-state index in [-0.39, 0.29) is 0 Å². The molecule has 2 heteroatoms. The molecular weight excluding hydrogens is 176 g/mol. The van der Waals surface area contributed by atoms with Gasteiger partial charge in [-0.15, -0.1) is 0 Å². The molecular formula is C9H11ClS. The van der Waals surface area contributed by atoms with Gasteiger partial charge in [-0.05, 0) is 30.4 Å². The highest BCUT2D eigenvalue weighted by Gasteiger charge is 1.95. The molecule has 0 aromatic heterocycles. The summed E-state index contributed by atoms with van der Waals surface area (Å²) in [6.07, 6.45) is 2.09. The van der Waals surface area contributed by atoms with Crippen LogP contribution in [0.25, 0.3) is 0 Å². The summed E-state index contributed by atoms with van der Waals surface area (Å²) in [5.74, 6) is 1.04. The number of benzene rings is 1. The fraction of sp³-hybridized carbons (Fsp3) is 0.333. The lowest BCUT2D eigenvalue weighted by Gasteiger charge is -2.00. The smallest absolute Gasteiger partial charge is 0.0438 e. The van der Waals surface area contributed by atoms with Crippen molar-refractivity contribution >= 4 is 23.4 Å². The maximum atomic E-state index is 5.94. The van der Waals surface area contributed by atoms with Crippen LogP contribution in [0.2, 0.25) is 5.02 Å². The minimum Gasteiger partial charge on any atom is -0.161 e. The third-order valence-corrected chi connectivity index (χ3v) is 2.58. The van der Waals surface area contributed by atoms with Crippen molar-refractivity contribution in [3.63, 3.8) is 0 Å². The van der Waals surface area contributed by atoms with Gasteiger partial charge in [-0.25, -0.2) is 0 Å². The first-order valence-electron chi connectivity index (χ1n) is 3.48. The molecule has 0 N–H and O–H groups in total. The van der Waals surface area contributed by atoms with Gasteiger partial charge in [0.1, 0.15) is 0 Å². The van der Waals surface area contributed by atoms with Gasteiger partial charge >= 0.3 is 0 Å². The van der Waals surface area contributed by atoms with Crippen molar-refractivity contribution in [3.05, 3.63) is 34.3 Å². The minimum absolute atomic E-state index is 0.872. The summed E-state index contributed by atoms with van der Waals surface area (Å²) < 4.78 is 0. The Bertz CT molecular complexity index is 245. The van der Waals surface area contributed by atoms with Crippen LogP contribution in [0.1, 0.15) is 11.1 Å². The molecule has 0 radical (unpaired) electrons. The molecule has 0 aliphatic rings. The molecule has 0 spiro atoms. The molecule has 60 valence electrons. The normalized spacial score (nSPS) is 10.1. The van der Waals surface area contributed by atoms with E-state index >= 15 is 0 Å². The van der Waals surface area contributed by atoms with Crippen LogP contribution in [-0.2, 0) is 5.75 Å². The van der Waals surface area contributed by atoms with Crippen LogP contribution in [0.15, 0.2) is 18.2 Å². The molecule has 1 aromatic rings. The van der Waals surface area contributed by atoms with Crippen LogP contribution in [-0.4, -0.2) is 6.26 Å². The van der Waals surface area contributed by atoms with E-state index in [1.165, 1.54) is 5.56 Å². The summed E-state index contributed by atoms with van der Waals surface area (Å²) in [6, 6.07) is 6.22. The zero-order valence-corrected chi connectivity index (χ0v) is 8.30. The number of thioether (sulfide) groups is 1. The maximum Gasteiger partial charge on any atom is 0.0438 e. The van der Waals surface area contributed by atoms with Crippen LogP contribution in [0.5, 0.6) is 0 Å². The van der Waals surface area contributed by atoms with Crippen LogP contribution in [0.3, 0.4) is 0 Å². The fourth-order valence-corrected chi connectivity index (χ4v) is 1.61. The Labute approximate surface area is 77.0 Å². The molecule has 0 fully saturated rings. The molecule has 0 unspecified atom stereocenters. The SMILES string of the molecule is CSCc1ccc(C)c(Cl)c1. The summed E-state index contributed by atoms with van der Waals surface area (Å²) in [7, 11) is 0. The van der Waals surface area contributed by atoms with Crippen LogP contribution >= 0.6 is 23.4 Å². The van der Waals surface area contributed by atoms with Gasteiger partial charge in [0.25, 0.3) is 0 Å². The van der Waals surface area contributed by atoms with Crippen LogP contribution in [0.4, 0.5) is 0 Å². The van der Waals surface area contributed by atoms with E-state index in [0.29, 0.717) is 0 Å². The molecule has 0 aliphatic heterocycles. The fourth-order valence-electron chi connectivity index (χ4n) is 0.893. The van der Waals surface area contributed by atoms with Crippen LogP contribution in [0, 0.1) is 6.92 Å². The van der Waals surface area contributed by atoms with E-state index in [2.05, 4.69) is 18.4 Å². The summed E-state index contributed by atoms with van der Waals surface area (Å²) in [6.45, 7) is 2.02. The van der Waals surface area contributed by atoms with E-state index in [1.54, 1.807) is 0 Å². The Kier molecular flexibility index (Phi) is 3.28. The molecule has 1 rings (SSSR count). The maximum absolute atomic E-state index is 5.94. The lowest BCUT2D eigenvalue weighted by atomic mass is 10.2. The number of rotatable bonds is 2. The molecule has 0 aliphatic carbocycles. The molecule has 0 amide bonds. The Morgan fingerprint density at radius 1 is 1.45 bits per heavy atom. The Balaban J connectivity index is 2.86. The van der Waals surface area contributed by atoms with Crippen LogP contribution < -0.4 is 0 Å². The summed E-state index contributed by atoms with van der Waals surface area (Å²) in [5.41, 5.74) is 2.45. The predicted octanol–water partition coefficient (Wildman–Crippen LogP) is 3.51. The molecule has 0 nitrogen and oxygen atoms in total. The van der Waals surface area contributed by atoms with Gasteiger partial charge in [-0.1, -0.05) is 23.7 Å². The molecule has 11 heavy (non-hydrogen) atoms. The predicted molar refractivity (Wildman–Crippen MR) is 53.4 cm³/mol. The first kappa shape index (κ1) is 8.95. The van der Waals surface area contributed by atoms with Gasteiger partial charge < -0.3 is 0 Å². The van der Waals surface area contributed by atoms with Crippen molar-refractivity contribution in [1.82, 2.24) is 0 Å². The van der Waals surface area contributed by atoms with Gasteiger partial charge in [0, 0.05) is 10.8 Å². The van der Waals surface area contributed by atoms with E-state index in [9.17, 15) is 0 Å². The lowest BCUT2D eigenvalue weighted by Crippen LogP contribution is -1.81. The molecule has 0 heterocycles. The number of hydrogen-bond donors (Lipinski definition) is 0. The quantitative estimate of drug-likeness (QED) is 0.681. The Morgan fingerprint density at radius 2 is 2.18 bits per heavy atom. The molecule has 0 bridgehead atoms. The van der Waals surface area contributed by atoms with E-state index < -0.39 is 0 Å².